The predicted molar refractivity (Wildman–Crippen MR) is 97.8 cm³/mol. The summed E-state index contributed by atoms with van der Waals surface area (Å²) in [5.74, 6) is -0.700. The number of aromatic nitrogens is 1. The van der Waals surface area contributed by atoms with E-state index in [1.165, 1.54) is 17.4 Å². The molecule has 0 bridgehead atoms. The Morgan fingerprint density at radius 3 is 2.92 bits per heavy atom. The summed E-state index contributed by atoms with van der Waals surface area (Å²) in [4.78, 5) is 17.2. The van der Waals surface area contributed by atoms with E-state index in [0.717, 1.165) is 10.1 Å². The van der Waals surface area contributed by atoms with Gasteiger partial charge in [-0.25, -0.2) is 4.39 Å². The van der Waals surface area contributed by atoms with E-state index in [2.05, 4.69) is 4.99 Å². The van der Waals surface area contributed by atoms with Gasteiger partial charge in [-0.05, 0) is 24.3 Å². The van der Waals surface area contributed by atoms with Gasteiger partial charge in [-0.1, -0.05) is 35.6 Å². The van der Waals surface area contributed by atoms with Gasteiger partial charge in [-0.3, -0.25) is 4.79 Å². The molecule has 0 spiro atoms. The molecule has 0 aliphatic rings. The number of methoxy groups -OCH3 is 1. The van der Waals surface area contributed by atoms with Crippen molar-refractivity contribution < 1.29 is 18.3 Å². The number of para-hydroxylation sites is 2. The highest BCUT2D eigenvalue weighted by molar-refractivity contribution is 7.16. The third kappa shape index (κ3) is 2.95. The summed E-state index contributed by atoms with van der Waals surface area (Å²) in [7, 11) is 1.57. The molecule has 4 aromatic rings. The van der Waals surface area contributed by atoms with E-state index < -0.39 is 5.91 Å². The lowest BCUT2D eigenvalue weighted by molar-refractivity contribution is 0.0973. The highest BCUT2D eigenvalue weighted by atomic mass is 32.1. The number of fused-ring (bicyclic) bond motifs is 2. The number of halogens is 1. The topological polar surface area (TPSA) is 56.7 Å². The largest absolute Gasteiger partial charge is 0.451 e. The zero-order valence-electron chi connectivity index (χ0n) is 13.9. The van der Waals surface area contributed by atoms with Gasteiger partial charge in [0.05, 0.1) is 16.8 Å². The van der Waals surface area contributed by atoms with E-state index >= 15 is 0 Å². The minimum Gasteiger partial charge on any atom is -0.451 e. The highest BCUT2D eigenvalue weighted by Crippen LogP contribution is 2.22. The van der Waals surface area contributed by atoms with Crippen LogP contribution in [0, 0.1) is 5.82 Å². The summed E-state index contributed by atoms with van der Waals surface area (Å²) in [5.41, 5.74) is 1.05. The fourth-order valence-corrected chi connectivity index (χ4v) is 3.86. The van der Waals surface area contributed by atoms with Gasteiger partial charge in [0.1, 0.15) is 11.4 Å². The van der Waals surface area contributed by atoms with Crippen LogP contribution in [0.3, 0.4) is 0 Å². The molecule has 2 aromatic carbocycles. The molecule has 0 unspecified atom stereocenters. The van der Waals surface area contributed by atoms with Gasteiger partial charge in [0.25, 0.3) is 0 Å². The van der Waals surface area contributed by atoms with E-state index in [1.807, 2.05) is 18.2 Å². The maximum absolute atomic E-state index is 14.3. The quantitative estimate of drug-likeness (QED) is 0.546. The van der Waals surface area contributed by atoms with Gasteiger partial charge in [-0.15, -0.1) is 0 Å². The van der Waals surface area contributed by atoms with Gasteiger partial charge in [0.2, 0.25) is 0 Å². The number of carbonyl (C=O) groups excluding carboxylic acids is 1. The second-order valence-electron chi connectivity index (χ2n) is 5.68. The molecular formula is C19H15FN2O3S. The summed E-state index contributed by atoms with van der Waals surface area (Å²) >= 11 is 1.26. The van der Waals surface area contributed by atoms with Crippen LogP contribution in [0.1, 0.15) is 10.6 Å². The first-order valence-corrected chi connectivity index (χ1v) is 8.83. The van der Waals surface area contributed by atoms with Gasteiger partial charge < -0.3 is 13.7 Å². The van der Waals surface area contributed by atoms with Crippen LogP contribution in [0.4, 0.5) is 4.39 Å². The van der Waals surface area contributed by atoms with E-state index in [-0.39, 0.29) is 11.6 Å². The molecule has 2 aromatic heterocycles. The number of carbonyl (C=O) groups is 1. The molecule has 0 saturated carbocycles. The fraction of sp³-hybridized carbons (Fsp3) is 0.158. The molecule has 7 heteroatoms. The Labute approximate surface area is 152 Å². The second kappa shape index (κ2) is 6.86. The van der Waals surface area contributed by atoms with Crippen LogP contribution in [0.2, 0.25) is 0 Å². The lowest BCUT2D eigenvalue weighted by Gasteiger charge is -2.04. The molecule has 0 atom stereocenters. The molecule has 26 heavy (non-hydrogen) atoms. The van der Waals surface area contributed by atoms with Gasteiger partial charge >= 0.3 is 5.91 Å². The number of amides is 1. The van der Waals surface area contributed by atoms with Crippen LogP contribution >= 0.6 is 11.3 Å². The van der Waals surface area contributed by atoms with Crippen molar-refractivity contribution in [2.75, 3.05) is 13.7 Å². The van der Waals surface area contributed by atoms with E-state index in [9.17, 15) is 9.18 Å². The second-order valence-corrected chi connectivity index (χ2v) is 6.69. The first-order chi connectivity index (χ1) is 12.7. The maximum atomic E-state index is 14.3. The van der Waals surface area contributed by atoms with E-state index in [0.29, 0.717) is 29.1 Å². The Hall–Kier alpha value is -2.77. The molecule has 0 aliphatic heterocycles. The smallest absolute Gasteiger partial charge is 0.315 e. The van der Waals surface area contributed by atoms with E-state index in [4.69, 9.17) is 9.15 Å². The number of furan rings is 1. The van der Waals surface area contributed by atoms with Crippen LogP contribution in [-0.4, -0.2) is 24.2 Å². The fourth-order valence-electron chi connectivity index (χ4n) is 2.79. The number of nitrogens with zero attached hydrogens (tertiary/aromatic N) is 2. The minimum atomic E-state index is -0.501. The summed E-state index contributed by atoms with van der Waals surface area (Å²) in [5, 5.41) is 0.834. The summed E-state index contributed by atoms with van der Waals surface area (Å²) in [6, 6.07) is 13.9. The summed E-state index contributed by atoms with van der Waals surface area (Å²) in [6.07, 6.45) is 0. The Kier molecular flexibility index (Phi) is 4.40. The first kappa shape index (κ1) is 16.7. The van der Waals surface area contributed by atoms with Crippen LogP contribution < -0.4 is 4.80 Å². The molecule has 0 N–H and O–H groups in total. The lowest BCUT2D eigenvalue weighted by Crippen LogP contribution is -2.19. The molecule has 5 nitrogen and oxygen atoms in total. The number of thiazole rings is 1. The normalized spacial score (nSPS) is 12.3. The number of rotatable bonds is 4. The summed E-state index contributed by atoms with van der Waals surface area (Å²) < 4.78 is 27.4. The zero-order chi connectivity index (χ0) is 18.1. The summed E-state index contributed by atoms with van der Waals surface area (Å²) in [6.45, 7) is 0.774. The van der Waals surface area contributed by atoms with Crippen molar-refractivity contribution in [3.8, 4) is 0 Å². The van der Waals surface area contributed by atoms with Crippen LogP contribution in [0.25, 0.3) is 21.2 Å². The first-order valence-electron chi connectivity index (χ1n) is 8.02. The van der Waals surface area contributed by atoms with E-state index in [1.54, 1.807) is 35.9 Å². The molecule has 132 valence electrons. The van der Waals surface area contributed by atoms with Crippen LogP contribution in [0.5, 0.6) is 0 Å². The Bertz CT molecular complexity index is 1140. The molecule has 1 amide bonds. The van der Waals surface area contributed by atoms with Crippen molar-refractivity contribution in [2.24, 2.45) is 4.99 Å². The average Bonchev–Trinajstić information content (AvgIpc) is 3.22. The standard InChI is InChI=1S/C19H15FN2O3S/c1-24-10-9-22-17-13(20)6-4-8-16(17)26-19(22)21-18(23)15-11-12-5-2-3-7-14(12)25-15/h2-8,11H,9-10H2,1H3. The van der Waals surface area contributed by atoms with Gasteiger partial charge in [-0.2, -0.15) is 4.99 Å². The third-order valence-corrected chi connectivity index (χ3v) is 5.05. The minimum absolute atomic E-state index is 0.155. The van der Waals surface area contributed by atoms with Crippen molar-refractivity contribution in [1.82, 2.24) is 4.57 Å². The molecule has 4 rings (SSSR count). The van der Waals surface area contributed by atoms with Crippen LogP contribution in [0.15, 0.2) is 57.9 Å². The molecule has 0 aliphatic carbocycles. The van der Waals surface area contributed by atoms with Crippen molar-refractivity contribution in [3.05, 3.63) is 64.9 Å². The molecule has 0 radical (unpaired) electrons. The molecule has 0 fully saturated rings. The third-order valence-electron chi connectivity index (χ3n) is 4.00. The number of benzene rings is 2. The van der Waals surface area contributed by atoms with Crippen molar-refractivity contribution in [1.29, 1.82) is 0 Å². The number of hydrogen-bond acceptors (Lipinski definition) is 4. The predicted octanol–water partition coefficient (Wildman–Crippen LogP) is 3.98. The Morgan fingerprint density at radius 1 is 1.27 bits per heavy atom. The molecular weight excluding hydrogens is 355 g/mol. The van der Waals surface area contributed by atoms with Crippen molar-refractivity contribution in [2.45, 2.75) is 6.54 Å². The van der Waals surface area contributed by atoms with Gasteiger partial charge in [0.15, 0.2) is 10.6 Å². The monoisotopic (exact) mass is 370 g/mol. The Balaban J connectivity index is 1.83. The zero-order valence-corrected chi connectivity index (χ0v) is 14.8. The number of ether oxygens (including phenoxy) is 1. The number of hydrogen-bond donors (Lipinski definition) is 0. The van der Waals surface area contributed by atoms with Crippen LogP contribution in [-0.2, 0) is 11.3 Å². The van der Waals surface area contributed by atoms with Crippen molar-refractivity contribution >= 4 is 38.4 Å². The highest BCUT2D eigenvalue weighted by Gasteiger charge is 2.15. The molecule has 2 heterocycles. The lowest BCUT2D eigenvalue weighted by atomic mass is 10.2. The average molecular weight is 370 g/mol. The SMILES string of the molecule is COCCn1c(=NC(=O)c2cc3ccccc3o2)sc2cccc(F)c21. The Morgan fingerprint density at radius 2 is 2.12 bits per heavy atom. The van der Waals surface area contributed by atoms with Gasteiger partial charge in [0, 0.05) is 19.0 Å². The maximum Gasteiger partial charge on any atom is 0.315 e. The van der Waals surface area contributed by atoms with Crippen molar-refractivity contribution in [3.63, 3.8) is 0 Å². The molecule has 0 saturated heterocycles.